The lowest BCUT2D eigenvalue weighted by atomic mass is 10.1. The van der Waals surface area contributed by atoms with Crippen LogP contribution in [0, 0.1) is 0 Å². The highest BCUT2D eigenvalue weighted by molar-refractivity contribution is 6.30. The highest BCUT2D eigenvalue weighted by Gasteiger charge is 2.19. The summed E-state index contributed by atoms with van der Waals surface area (Å²) >= 11 is 6.11. The molecule has 0 saturated carbocycles. The number of halogens is 1. The Balaban J connectivity index is 1.59. The first-order chi connectivity index (χ1) is 17.1. The molecule has 0 fully saturated rings. The second-order valence-corrected chi connectivity index (χ2v) is 8.43. The number of hydrogen-bond acceptors (Lipinski definition) is 5. The van der Waals surface area contributed by atoms with Gasteiger partial charge in [-0.25, -0.2) is 15.0 Å². The van der Waals surface area contributed by atoms with E-state index in [0.29, 0.717) is 28.0 Å². The third-order valence-electron chi connectivity index (χ3n) is 5.69. The Bertz CT molecular complexity index is 1720. The van der Waals surface area contributed by atoms with E-state index in [-0.39, 0.29) is 11.1 Å². The summed E-state index contributed by atoms with van der Waals surface area (Å²) in [5, 5.41) is 4.94. The van der Waals surface area contributed by atoms with E-state index in [1.165, 1.54) is 0 Å². The standard InChI is InChI=1S/C26H18ClN7O/c1-32-15-29-23(31-32)17-7-9-18(10-8-17)24-30-25-22(28-16-33(25)20-5-3-2-4-6-20)26(35)34(24)21-13-11-19(27)12-14-21/h2-16H,1H3. The molecular weight excluding hydrogens is 462 g/mol. The van der Waals surface area contributed by atoms with Gasteiger partial charge in [0.15, 0.2) is 17.0 Å². The third-order valence-corrected chi connectivity index (χ3v) is 5.94. The zero-order valence-electron chi connectivity index (χ0n) is 18.6. The van der Waals surface area contributed by atoms with E-state index in [1.54, 1.807) is 46.2 Å². The zero-order valence-corrected chi connectivity index (χ0v) is 19.3. The van der Waals surface area contributed by atoms with E-state index in [0.717, 1.165) is 16.8 Å². The fourth-order valence-corrected chi connectivity index (χ4v) is 4.12. The average molecular weight is 480 g/mol. The van der Waals surface area contributed by atoms with E-state index in [1.807, 2.05) is 66.2 Å². The van der Waals surface area contributed by atoms with Crippen LogP contribution in [0.2, 0.25) is 5.02 Å². The summed E-state index contributed by atoms with van der Waals surface area (Å²) in [6.45, 7) is 0. The number of aromatic nitrogens is 7. The van der Waals surface area contributed by atoms with Crippen LogP contribution in [-0.4, -0.2) is 33.9 Å². The smallest absolute Gasteiger partial charge is 0.283 e. The van der Waals surface area contributed by atoms with Crippen molar-refractivity contribution in [3.8, 4) is 34.2 Å². The van der Waals surface area contributed by atoms with E-state index in [4.69, 9.17) is 16.6 Å². The molecule has 0 aliphatic heterocycles. The van der Waals surface area contributed by atoms with Crippen molar-refractivity contribution in [3.05, 3.63) is 107 Å². The molecule has 8 nitrogen and oxygen atoms in total. The van der Waals surface area contributed by atoms with Crippen LogP contribution < -0.4 is 5.56 Å². The number of imidazole rings is 1. The largest absolute Gasteiger partial charge is 0.286 e. The Morgan fingerprint density at radius 3 is 2.17 bits per heavy atom. The van der Waals surface area contributed by atoms with Crippen molar-refractivity contribution in [1.82, 2.24) is 33.9 Å². The van der Waals surface area contributed by atoms with Crippen molar-refractivity contribution < 1.29 is 0 Å². The minimum atomic E-state index is -0.266. The van der Waals surface area contributed by atoms with E-state index < -0.39 is 0 Å². The van der Waals surface area contributed by atoms with Gasteiger partial charge < -0.3 is 0 Å². The Morgan fingerprint density at radius 1 is 0.771 bits per heavy atom. The van der Waals surface area contributed by atoms with Gasteiger partial charge in [-0.2, -0.15) is 5.10 Å². The lowest BCUT2D eigenvalue weighted by Gasteiger charge is -2.14. The maximum Gasteiger partial charge on any atom is 0.286 e. The lowest BCUT2D eigenvalue weighted by Crippen LogP contribution is -2.22. The molecule has 3 aromatic heterocycles. The van der Waals surface area contributed by atoms with Crippen LogP contribution >= 0.6 is 11.6 Å². The van der Waals surface area contributed by atoms with Gasteiger partial charge in [0, 0.05) is 28.9 Å². The topological polar surface area (TPSA) is 83.4 Å². The number of fused-ring (bicyclic) bond motifs is 1. The quantitative estimate of drug-likeness (QED) is 0.366. The molecule has 0 amide bonds. The third kappa shape index (κ3) is 3.70. The number of nitrogens with zero attached hydrogens (tertiary/aromatic N) is 7. The maximum absolute atomic E-state index is 13.7. The molecule has 6 rings (SSSR count). The summed E-state index contributed by atoms with van der Waals surface area (Å²) in [5.74, 6) is 1.11. The van der Waals surface area contributed by atoms with Crippen LogP contribution in [0.5, 0.6) is 0 Å². The van der Waals surface area contributed by atoms with Crippen LogP contribution in [0.3, 0.4) is 0 Å². The van der Waals surface area contributed by atoms with Crippen molar-refractivity contribution in [2.45, 2.75) is 0 Å². The Labute approximate surface area is 204 Å². The molecule has 0 spiro atoms. The summed E-state index contributed by atoms with van der Waals surface area (Å²) in [4.78, 5) is 27.4. The molecule has 9 heteroatoms. The second-order valence-electron chi connectivity index (χ2n) is 7.99. The monoisotopic (exact) mass is 479 g/mol. The molecule has 0 atom stereocenters. The van der Waals surface area contributed by atoms with Gasteiger partial charge in [0.1, 0.15) is 18.5 Å². The number of rotatable bonds is 4. The predicted molar refractivity (Wildman–Crippen MR) is 135 cm³/mol. The molecule has 0 saturated heterocycles. The van der Waals surface area contributed by atoms with Crippen molar-refractivity contribution in [2.75, 3.05) is 0 Å². The normalized spacial score (nSPS) is 11.3. The lowest BCUT2D eigenvalue weighted by molar-refractivity contribution is 0.768. The number of aryl methyl sites for hydroxylation is 1. The first-order valence-electron chi connectivity index (χ1n) is 10.9. The minimum absolute atomic E-state index is 0.266. The molecule has 170 valence electrons. The molecular formula is C26H18ClN7O. The van der Waals surface area contributed by atoms with Gasteiger partial charge in [0.25, 0.3) is 5.56 Å². The van der Waals surface area contributed by atoms with E-state index >= 15 is 0 Å². The van der Waals surface area contributed by atoms with Crippen molar-refractivity contribution in [1.29, 1.82) is 0 Å². The SMILES string of the molecule is Cn1cnc(-c2ccc(-c3nc4c(ncn4-c4ccccc4)c(=O)n3-c3ccc(Cl)cc3)cc2)n1. The summed E-state index contributed by atoms with van der Waals surface area (Å²) in [7, 11) is 1.82. The summed E-state index contributed by atoms with van der Waals surface area (Å²) in [6.07, 6.45) is 3.28. The van der Waals surface area contributed by atoms with Crippen LogP contribution in [0.25, 0.3) is 45.3 Å². The summed E-state index contributed by atoms with van der Waals surface area (Å²) < 4.78 is 5.04. The Morgan fingerprint density at radius 2 is 1.49 bits per heavy atom. The van der Waals surface area contributed by atoms with Gasteiger partial charge in [-0.05, 0) is 36.4 Å². The van der Waals surface area contributed by atoms with Crippen LogP contribution in [0.15, 0.2) is 96.3 Å². The molecule has 0 unspecified atom stereocenters. The molecule has 0 N–H and O–H groups in total. The minimum Gasteiger partial charge on any atom is -0.283 e. The van der Waals surface area contributed by atoms with Crippen LogP contribution in [0.1, 0.15) is 0 Å². The summed E-state index contributed by atoms with van der Waals surface area (Å²) in [6, 6.07) is 24.4. The molecule has 0 aliphatic rings. The van der Waals surface area contributed by atoms with E-state index in [2.05, 4.69) is 15.1 Å². The zero-order chi connectivity index (χ0) is 23.9. The van der Waals surface area contributed by atoms with Gasteiger partial charge in [0.05, 0.1) is 5.69 Å². The summed E-state index contributed by atoms with van der Waals surface area (Å²) in [5.41, 5.74) is 3.64. The van der Waals surface area contributed by atoms with Gasteiger partial charge in [-0.1, -0.05) is 54.1 Å². The molecule has 3 aromatic carbocycles. The maximum atomic E-state index is 13.7. The molecule has 0 bridgehead atoms. The first-order valence-corrected chi connectivity index (χ1v) is 11.2. The Kier molecular flexibility index (Phi) is 5.00. The molecule has 6 aromatic rings. The molecule has 35 heavy (non-hydrogen) atoms. The van der Waals surface area contributed by atoms with Crippen LogP contribution in [0.4, 0.5) is 0 Å². The fourth-order valence-electron chi connectivity index (χ4n) is 3.99. The Hall–Kier alpha value is -4.56. The highest BCUT2D eigenvalue weighted by Crippen LogP contribution is 2.26. The predicted octanol–water partition coefficient (Wildman–Crippen LogP) is 4.69. The van der Waals surface area contributed by atoms with Crippen LogP contribution in [-0.2, 0) is 7.05 Å². The van der Waals surface area contributed by atoms with Crippen molar-refractivity contribution in [2.24, 2.45) is 7.05 Å². The van der Waals surface area contributed by atoms with Gasteiger partial charge >= 0.3 is 0 Å². The molecule has 0 radical (unpaired) electrons. The van der Waals surface area contributed by atoms with Gasteiger partial charge in [0.2, 0.25) is 0 Å². The van der Waals surface area contributed by atoms with Crippen molar-refractivity contribution in [3.63, 3.8) is 0 Å². The second kappa shape index (κ2) is 8.34. The van der Waals surface area contributed by atoms with E-state index in [9.17, 15) is 4.79 Å². The van der Waals surface area contributed by atoms with Crippen molar-refractivity contribution >= 4 is 22.8 Å². The number of benzene rings is 3. The average Bonchev–Trinajstić information content (AvgIpc) is 3.52. The fraction of sp³-hybridized carbons (Fsp3) is 0.0385. The van der Waals surface area contributed by atoms with Gasteiger partial charge in [-0.3, -0.25) is 18.6 Å². The highest BCUT2D eigenvalue weighted by atomic mass is 35.5. The number of hydrogen-bond donors (Lipinski definition) is 0. The molecule has 0 aliphatic carbocycles. The molecule has 3 heterocycles. The van der Waals surface area contributed by atoms with Gasteiger partial charge in [-0.15, -0.1) is 0 Å². The first kappa shape index (κ1) is 21.0. The number of para-hydroxylation sites is 1.